The highest BCUT2D eigenvalue weighted by Gasteiger charge is 2.36. The highest BCUT2D eigenvalue weighted by molar-refractivity contribution is 6.20. The number of aliphatic imine (C=N–C) groups is 1. The van der Waals surface area contributed by atoms with E-state index in [-0.39, 0.29) is 36.2 Å². The van der Waals surface area contributed by atoms with Crippen LogP contribution < -0.4 is 21.5 Å². The zero-order valence-corrected chi connectivity index (χ0v) is 20.5. The van der Waals surface area contributed by atoms with Crippen LogP contribution in [-0.4, -0.2) is 54.5 Å². The van der Waals surface area contributed by atoms with E-state index in [1.165, 1.54) is 32.1 Å². The minimum atomic E-state index is -1.61. The van der Waals surface area contributed by atoms with Gasteiger partial charge in [-0.05, 0) is 69.6 Å². The lowest BCUT2D eigenvalue weighted by Crippen LogP contribution is -2.52. The molecule has 4 aliphatic rings. The molecule has 8 atom stereocenters. The number of halogens is 4. The summed E-state index contributed by atoms with van der Waals surface area (Å²) in [5, 5.41) is 5.84. The van der Waals surface area contributed by atoms with Crippen molar-refractivity contribution in [1.29, 1.82) is 0 Å². The Morgan fingerprint density at radius 3 is 2.44 bits per heavy atom. The van der Waals surface area contributed by atoms with Gasteiger partial charge >= 0.3 is 0 Å². The smallest absolute Gasteiger partial charge is 0.229 e. The molecule has 3 saturated carbocycles. The molecule has 1 aliphatic heterocycles. The molecule has 4 N–H and O–H groups in total. The SMILES string of the molecule is O=C(NC(=NCC1CCC(F)CC1Cl)NC1CC(C2CCCCC2)NN1)C1CCC(F)C(F)C1. The van der Waals surface area contributed by atoms with Gasteiger partial charge in [-0.3, -0.25) is 20.5 Å². The van der Waals surface area contributed by atoms with E-state index in [4.69, 9.17) is 11.6 Å². The molecule has 194 valence electrons. The first-order chi connectivity index (χ1) is 16.4. The maximum absolute atomic E-state index is 13.9. The van der Waals surface area contributed by atoms with Gasteiger partial charge in [-0.2, -0.15) is 0 Å². The summed E-state index contributed by atoms with van der Waals surface area (Å²) in [4.78, 5) is 17.5. The Hall–Kier alpha value is -1.06. The summed E-state index contributed by atoms with van der Waals surface area (Å²) >= 11 is 6.38. The van der Waals surface area contributed by atoms with E-state index >= 15 is 0 Å². The van der Waals surface area contributed by atoms with E-state index in [2.05, 4.69) is 26.5 Å². The third-order valence-electron chi connectivity index (χ3n) is 8.09. The lowest BCUT2D eigenvalue weighted by molar-refractivity contribution is -0.125. The number of carbonyl (C=O) groups excluding carboxylic acids is 1. The molecule has 0 spiro atoms. The van der Waals surface area contributed by atoms with Crippen molar-refractivity contribution < 1.29 is 18.0 Å². The fraction of sp³-hybridized carbons (Fsp3) is 0.917. The number of hydrogen-bond donors (Lipinski definition) is 4. The van der Waals surface area contributed by atoms with Crippen LogP contribution in [0, 0.1) is 17.8 Å². The summed E-state index contributed by atoms with van der Waals surface area (Å²) in [5.74, 6) is 0.0574. The van der Waals surface area contributed by atoms with Crippen molar-refractivity contribution in [3.63, 3.8) is 0 Å². The molecule has 4 rings (SSSR count). The normalized spacial score (nSPS) is 40.2. The second-order valence-electron chi connectivity index (χ2n) is 10.6. The summed E-state index contributed by atoms with van der Waals surface area (Å²) < 4.78 is 41.0. The molecule has 0 aromatic carbocycles. The zero-order chi connectivity index (χ0) is 24.1. The number of rotatable bonds is 5. The Labute approximate surface area is 205 Å². The number of guanidine groups is 1. The molecule has 3 aliphatic carbocycles. The van der Waals surface area contributed by atoms with Crippen LogP contribution in [-0.2, 0) is 4.79 Å². The zero-order valence-electron chi connectivity index (χ0n) is 19.8. The highest BCUT2D eigenvalue weighted by Crippen LogP contribution is 2.32. The summed E-state index contributed by atoms with van der Waals surface area (Å²) in [6, 6.07) is 0.355. The van der Waals surface area contributed by atoms with Gasteiger partial charge in [0.15, 0.2) is 5.96 Å². The van der Waals surface area contributed by atoms with Crippen molar-refractivity contribution in [2.75, 3.05) is 6.54 Å². The Kier molecular flexibility index (Phi) is 9.38. The van der Waals surface area contributed by atoms with E-state index < -0.39 is 24.4 Å². The lowest BCUT2D eigenvalue weighted by Gasteiger charge is -2.29. The number of nitrogens with zero attached hydrogens (tertiary/aromatic N) is 1. The topological polar surface area (TPSA) is 77.5 Å². The minimum absolute atomic E-state index is 0.0317. The predicted molar refractivity (Wildman–Crippen MR) is 128 cm³/mol. The summed E-state index contributed by atoms with van der Waals surface area (Å²) in [5.41, 5.74) is 6.67. The average molecular weight is 506 g/mol. The molecule has 1 saturated heterocycles. The molecule has 0 bridgehead atoms. The molecule has 8 unspecified atom stereocenters. The Balaban J connectivity index is 1.37. The van der Waals surface area contributed by atoms with E-state index in [1.54, 1.807) is 0 Å². The first kappa shape index (κ1) is 26.0. The van der Waals surface area contributed by atoms with Crippen LogP contribution in [0.2, 0.25) is 0 Å². The van der Waals surface area contributed by atoms with Gasteiger partial charge in [0.05, 0.1) is 6.17 Å². The maximum Gasteiger partial charge on any atom is 0.229 e. The quantitative estimate of drug-likeness (QED) is 0.258. The van der Waals surface area contributed by atoms with Crippen LogP contribution in [0.3, 0.4) is 0 Å². The number of hydrogen-bond acceptors (Lipinski definition) is 4. The standard InChI is InChI=1S/C24H39ClF3N5O/c25-18-11-17(26)8-6-16(18)13-29-24(31-23(34)15-7-9-19(27)20(28)10-15)30-22-12-21(32-33-22)14-4-2-1-3-5-14/h14-22,32-33H,1-13H2,(H2,29,30,31,34). The molecule has 4 fully saturated rings. The molecule has 1 amide bonds. The van der Waals surface area contributed by atoms with Crippen LogP contribution in [0.1, 0.15) is 77.0 Å². The molecule has 0 aromatic heterocycles. The Morgan fingerprint density at radius 1 is 0.912 bits per heavy atom. The number of nitrogens with one attached hydrogen (secondary N) is 4. The number of amides is 1. The van der Waals surface area contributed by atoms with Crippen molar-refractivity contribution >= 4 is 23.5 Å². The highest BCUT2D eigenvalue weighted by atomic mass is 35.5. The molecule has 10 heteroatoms. The van der Waals surface area contributed by atoms with Crippen molar-refractivity contribution in [3.05, 3.63) is 0 Å². The molecule has 6 nitrogen and oxygen atoms in total. The average Bonchev–Trinajstić information content (AvgIpc) is 3.29. The van der Waals surface area contributed by atoms with Gasteiger partial charge in [0, 0.05) is 23.9 Å². The maximum atomic E-state index is 13.9. The van der Waals surface area contributed by atoms with Crippen LogP contribution in [0.15, 0.2) is 4.99 Å². The molecule has 34 heavy (non-hydrogen) atoms. The summed E-state index contributed by atoms with van der Waals surface area (Å²) in [6.07, 6.45) is 4.74. The molecular weight excluding hydrogens is 467 g/mol. The van der Waals surface area contributed by atoms with Gasteiger partial charge in [0.2, 0.25) is 5.91 Å². The van der Waals surface area contributed by atoms with Gasteiger partial charge < -0.3 is 5.32 Å². The van der Waals surface area contributed by atoms with E-state index in [0.29, 0.717) is 50.1 Å². The van der Waals surface area contributed by atoms with E-state index in [1.807, 2.05) is 0 Å². The number of carbonyl (C=O) groups is 1. The summed E-state index contributed by atoms with van der Waals surface area (Å²) in [7, 11) is 0. The van der Waals surface area contributed by atoms with Gasteiger partial charge in [-0.15, -0.1) is 11.6 Å². The second kappa shape index (κ2) is 12.3. The van der Waals surface area contributed by atoms with Crippen molar-refractivity contribution in [2.45, 2.75) is 113 Å². The fourth-order valence-corrected chi connectivity index (χ4v) is 6.29. The summed E-state index contributed by atoms with van der Waals surface area (Å²) in [6.45, 7) is 0.374. The molecular formula is C24H39ClF3N5O. The third kappa shape index (κ3) is 7.00. The van der Waals surface area contributed by atoms with Gasteiger partial charge in [0.25, 0.3) is 0 Å². The van der Waals surface area contributed by atoms with Crippen LogP contribution >= 0.6 is 11.6 Å². The molecule has 1 heterocycles. The third-order valence-corrected chi connectivity index (χ3v) is 8.63. The fourth-order valence-electron chi connectivity index (χ4n) is 5.89. The van der Waals surface area contributed by atoms with Gasteiger partial charge in [-0.1, -0.05) is 19.3 Å². The Morgan fingerprint density at radius 2 is 1.71 bits per heavy atom. The first-order valence-electron chi connectivity index (χ1n) is 13.1. The van der Waals surface area contributed by atoms with Crippen molar-refractivity contribution in [3.8, 4) is 0 Å². The van der Waals surface area contributed by atoms with Gasteiger partial charge in [0.1, 0.15) is 18.5 Å². The molecule has 0 radical (unpaired) electrons. The number of hydrazine groups is 1. The van der Waals surface area contributed by atoms with Crippen molar-refractivity contribution in [2.24, 2.45) is 22.7 Å². The molecule has 0 aromatic rings. The monoisotopic (exact) mass is 505 g/mol. The van der Waals surface area contributed by atoms with Crippen molar-refractivity contribution in [1.82, 2.24) is 21.5 Å². The largest absolute Gasteiger partial charge is 0.339 e. The van der Waals surface area contributed by atoms with E-state index in [9.17, 15) is 18.0 Å². The minimum Gasteiger partial charge on any atom is -0.339 e. The predicted octanol–water partition coefficient (Wildman–Crippen LogP) is 4.04. The van der Waals surface area contributed by atoms with Crippen LogP contribution in [0.25, 0.3) is 0 Å². The van der Waals surface area contributed by atoms with Crippen LogP contribution in [0.5, 0.6) is 0 Å². The van der Waals surface area contributed by atoms with E-state index in [0.717, 1.165) is 6.42 Å². The Bertz CT molecular complexity index is 710. The number of alkyl halides is 4. The lowest BCUT2D eigenvalue weighted by atomic mass is 9.83. The second-order valence-corrected chi connectivity index (χ2v) is 11.2. The first-order valence-corrected chi connectivity index (χ1v) is 13.5. The van der Waals surface area contributed by atoms with Gasteiger partial charge in [-0.25, -0.2) is 18.6 Å². The van der Waals surface area contributed by atoms with Crippen LogP contribution in [0.4, 0.5) is 13.2 Å².